The van der Waals surface area contributed by atoms with E-state index in [-0.39, 0.29) is 5.75 Å². The van der Waals surface area contributed by atoms with E-state index in [9.17, 15) is 10.4 Å². The summed E-state index contributed by atoms with van der Waals surface area (Å²) in [5.41, 5.74) is 2.25. The molecular formula is C18H17NO2. The van der Waals surface area contributed by atoms with Crippen LogP contribution in [-0.4, -0.2) is 11.7 Å². The number of rotatable bonds is 4. The van der Waals surface area contributed by atoms with E-state index in [0.29, 0.717) is 23.8 Å². The first kappa shape index (κ1) is 13.5. The van der Waals surface area contributed by atoms with Gasteiger partial charge < -0.3 is 9.84 Å². The summed E-state index contributed by atoms with van der Waals surface area (Å²) >= 11 is 0. The number of hydrogen-bond donors (Lipinski definition) is 1. The van der Waals surface area contributed by atoms with E-state index < -0.39 is 0 Å². The average molecular weight is 279 g/mol. The second-order valence-electron chi connectivity index (χ2n) is 5.45. The fourth-order valence-electron chi connectivity index (χ4n) is 2.54. The van der Waals surface area contributed by atoms with Gasteiger partial charge >= 0.3 is 0 Å². The molecule has 1 fully saturated rings. The topological polar surface area (TPSA) is 53.2 Å². The molecule has 0 aliphatic heterocycles. The van der Waals surface area contributed by atoms with Gasteiger partial charge in [-0.15, -0.1) is 0 Å². The lowest BCUT2D eigenvalue weighted by molar-refractivity contribution is 0.181. The molecule has 0 unspecified atom stereocenters. The van der Waals surface area contributed by atoms with Crippen molar-refractivity contribution in [2.45, 2.75) is 19.3 Å². The van der Waals surface area contributed by atoms with Crippen molar-refractivity contribution in [1.29, 1.82) is 5.26 Å². The van der Waals surface area contributed by atoms with Crippen molar-refractivity contribution in [1.82, 2.24) is 0 Å². The van der Waals surface area contributed by atoms with Gasteiger partial charge in [-0.25, -0.2) is 0 Å². The monoisotopic (exact) mass is 279 g/mol. The molecule has 0 saturated heterocycles. The van der Waals surface area contributed by atoms with Crippen molar-refractivity contribution < 1.29 is 9.84 Å². The molecular weight excluding hydrogens is 262 g/mol. The molecule has 1 N–H and O–H groups in total. The first-order chi connectivity index (χ1) is 10.3. The molecule has 0 bridgehead atoms. The number of aromatic hydroxyl groups is 1. The summed E-state index contributed by atoms with van der Waals surface area (Å²) in [4.78, 5) is 0. The lowest BCUT2D eigenvalue weighted by atomic mass is 9.86. The molecule has 0 heterocycles. The number of nitriles is 1. The van der Waals surface area contributed by atoms with Crippen LogP contribution in [0.2, 0.25) is 0 Å². The van der Waals surface area contributed by atoms with Gasteiger partial charge in [0.15, 0.2) is 0 Å². The molecule has 0 aromatic heterocycles. The second-order valence-corrected chi connectivity index (χ2v) is 5.45. The van der Waals surface area contributed by atoms with E-state index in [1.807, 2.05) is 18.2 Å². The second kappa shape index (κ2) is 5.88. The van der Waals surface area contributed by atoms with Crippen molar-refractivity contribution in [3.05, 3.63) is 48.0 Å². The van der Waals surface area contributed by atoms with Gasteiger partial charge in [0, 0.05) is 5.56 Å². The highest BCUT2D eigenvalue weighted by Crippen LogP contribution is 2.36. The summed E-state index contributed by atoms with van der Waals surface area (Å²) in [6.07, 6.45) is 3.68. The Kier molecular flexibility index (Phi) is 3.79. The van der Waals surface area contributed by atoms with Crippen LogP contribution in [0.5, 0.6) is 11.5 Å². The van der Waals surface area contributed by atoms with Gasteiger partial charge in [0.1, 0.15) is 17.6 Å². The number of benzene rings is 2. The molecule has 0 spiro atoms. The molecule has 1 aliphatic rings. The summed E-state index contributed by atoms with van der Waals surface area (Å²) < 4.78 is 5.95. The molecule has 3 heteroatoms. The van der Waals surface area contributed by atoms with Crippen molar-refractivity contribution >= 4 is 0 Å². The molecule has 0 atom stereocenters. The third kappa shape index (κ3) is 2.85. The summed E-state index contributed by atoms with van der Waals surface area (Å²) in [7, 11) is 0. The maximum Gasteiger partial charge on any atom is 0.144 e. The Hall–Kier alpha value is -2.47. The molecule has 2 aromatic rings. The number of ether oxygens (including phenoxy) is 1. The molecule has 0 radical (unpaired) electrons. The van der Waals surface area contributed by atoms with Crippen molar-refractivity contribution in [2.24, 2.45) is 5.92 Å². The largest absolute Gasteiger partial charge is 0.508 e. The third-order valence-electron chi connectivity index (χ3n) is 3.98. The summed E-state index contributed by atoms with van der Waals surface area (Å²) in [6, 6.07) is 14.7. The van der Waals surface area contributed by atoms with E-state index in [0.717, 1.165) is 11.1 Å². The van der Waals surface area contributed by atoms with Gasteiger partial charge in [-0.1, -0.05) is 30.7 Å². The molecule has 3 nitrogen and oxygen atoms in total. The fraction of sp³-hybridized carbons (Fsp3) is 0.278. The molecule has 3 rings (SSSR count). The highest BCUT2D eigenvalue weighted by atomic mass is 16.5. The molecule has 1 saturated carbocycles. The Morgan fingerprint density at radius 3 is 2.67 bits per heavy atom. The van der Waals surface area contributed by atoms with Crippen LogP contribution >= 0.6 is 0 Å². The van der Waals surface area contributed by atoms with Crippen LogP contribution in [0.25, 0.3) is 11.1 Å². The van der Waals surface area contributed by atoms with E-state index >= 15 is 0 Å². The van der Waals surface area contributed by atoms with Crippen LogP contribution in [0.1, 0.15) is 24.8 Å². The lowest BCUT2D eigenvalue weighted by Gasteiger charge is -2.26. The average Bonchev–Trinajstić information content (AvgIpc) is 2.45. The Morgan fingerprint density at radius 1 is 1.19 bits per heavy atom. The van der Waals surface area contributed by atoms with Crippen LogP contribution in [-0.2, 0) is 0 Å². The quantitative estimate of drug-likeness (QED) is 0.916. The Labute approximate surface area is 124 Å². The zero-order valence-corrected chi connectivity index (χ0v) is 11.7. The number of para-hydroxylation sites is 1. The number of phenols is 1. The van der Waals surface area contributed by atoms with Gasteiger partial charge in [-0.05, 0) is 42.5 Å². The van der Waals surface area contributed by atoms with Gasteiger partial charge in [-0.3, -0.25) is 0 Å². The standard InChI is InChI=1S/C18H17NO2/c19-11-15-7-3-9-17(14-6-2-8-16(20)10-14)18(15)21-12-13-4-1-5-13/h2-3,6-10,13,20H,1,4-5,12H2. The smallest absolute Gasteiger partial charge is 0.144 e. The van der Waals surface area contributed by atoms with E-state index in [1.165, 1.54) is 19.3 Å². The van der Waals surface area contributed by atoms with Gasteiger partial charge in [0.2, 0.25) is 0 Å². The van der Waals surface area contributed by atoms with Crippen molar-refractivity contribution in [2.75, 3.05) is 6.61 Å². The lowest BCUT2D eigenvalue weighted by Crippen LogP contribution is -2.19. The zero-order chi connectivity index (χ0) is 14.7. The minimum atomic E-state index is 0.208. The zero-order valence-electron chi connectivity index (χ0n) is 11.7. The summed E-state index contributed by atoms with van der Waals surface area (Å²) in [5, 5.41) is 19.0. The van der Waals surface area contributed by atoms with Crippen molar-refractivity contribution in [3.8, 4) is 28.7 Å². The maximum absolute atomic E-state index is 9.65. The number of nitrogens with zero attached hydrogens (tertiary/aromatic N) is 1. The molecule has 106 valence electrons. The van der Waals surface area contributed by atoms with Gasteiger partial charge in [0.25, 0.3) is 0 Å². The Bertz CT molecular complexity index is 684. The van der Waals surface area contributed by atoms with E-state index in [2.05, 4.69) is 6.07 Å². The minimum absolute atomic E-state index is 0.208. The van der Waals surface area contributed by atoms with E-state index in [1.54, 1.807) is 24.3 Å². The highest BCUT2D eigenvalue weighted by molar-refractivity contribution is 5.74. The summed E-state index contributed by atoms with van der Waals surface area (Å²) in [6.45, 7) is 0.657. The third-order valence-corrected chi connectivity index (χ3v) is 3.98. The number of phenolic OH excluding ortho intramolecular Hbond substituents is 1. The highest BCUT2D eigenvalue weighted by Gasteiger charge is 2.20. The molecule has 1 aliphatic carbocycles. The van der Waals surface area contributed by atoms with Gasteiger partial charge in [-0.2, -0.15) is 5.26 Å². The first-order valence-electron chi connectivity index (χ1n) is 7.23. The number of hydrogen-bond acceptors (Lipinski definition) is 3. The van der Waals surface area contributed by atoms with Crippen LogP contribution in [0.3, 0.4) is 0 Å². The van der Waals surface area contributed by atoms with Crippen LogP contribution < -0.4 is 4.74 Å². The van der Waals surface area contributed by atoms with Crippen molar-refractivity contribution in [3.63, 3.8) is 0 Å². The first-order valence-corrected chi connectivity index (χ1v) is 7.23. The predicted octanol–water partition coefficient (Wildman–Crippen LogP) is 4.11. The Balaban J connectivity index is 1.96. The molecule has 0 amide bonds. The van der Waals surface area contributed by atoms with Crippen LogP contribution in [0, 0.1) is 17.2 Å². The molecule has 21 heavy (non-hydrogen) atoms. The normalized spacial score (nSPS) is 14.2. The van der Waals surface area contributed by atoms with Crippen LogP contribution in [0.4, 0.5) is 0 Å². The van der Waals surface area contributed by atoms with Crippen LogP contribution in [0.15, 0.2) is 42.5 Å². The summed E-state index contributed by atoms with van der Waals surface area (Å²) in [5.74, 6) is 1.44. The van der Waals surface area contributed by atoms with Gasteiger partial charge in [0.05, 0.1) is 12.2 Å². The molecule has 2 aromatic carbocycles. The Morgan fingerprint density at radius 2 is 2.00 bits per heavy atom. The SMILES string of the molecule is N#Cc1cccc(-c2cccc(O)c2)c1OCC1CCC1. The predicted molar refractivity (Wildman–Crippen MR) is 81.1 cm³/mol. The fourth-order valence-corrected chi connectivity index (χ4v) is 2.54. The minimum Gasteiger partial charge on any atom is -0.508 e. The maximum atomic E-state index is 9.65. The van der Waals surface area contributed by atoms with E-state index in [4.69, 9.17) is 4.74 Å².